The molecule has 11 nitrogen and oxygen atoms in total. The summed E-state index contributed by atoms with van der Waals surface area (Å²) in [6.45, 7) is 12.1. The van der Waals surface area contributed by atoms with Gasteiger partial charge >= 0.3 is 0 Å². The molecule has 2 saturated heterocycles. The summed E-state index contributed by atoms with van der Waals surface area (Å²) < 4.78 is 20.8. The molecular formula is C28H39N7O4. The van der Waals surface area contributed by atoms with Gasteiger partial charge in [-0.15, -0.1) is 0 Å². The van der Waals surface area contributed by atoms with Gasteiger partial charge in [0.1, 0.15) is 30.2 Å². The molecule has 2 fully saturated rings. The normalized spacial score (nSPS) is 24.4. The Hall–Kier alpha value is -3.12. The molecule has 3 aromatic rings. The molecule has 2 aliphatic heterocycles. The van der Waals surface area contributed by atoms with Crippen molar-refractivity contribution in [1.82, 2.24) is 29.7 Å². The van der Waals surface area contributed by atoms with E-state index in [2.05, 4.69) is 58.1 Å². The Kier molecular flexibility index (Phi) is 7.36. The van der Waals surface area contributed by atoms with Gasteiger partial charge in [0.25, 0.3) is 0 Å². The van der Waals surface area contributed by atoms with Crippen LogP contribution in [0.15, 0.2) is 36.9 Å². The number of rotatable bonds is 8. The molecule has 4 atom stereocenters. The molecule has 1 amide bonds. The first-order valence-electron chi connectivity index (χ1n) is 13.4. The zero-order valence-electron chi connectivity index (χ0n) is 23.5. The van der Waals surface area contributed by atoms with Crippen LogP contribution in [0, 0.1) is 0 Å². The van der Waals surface area contributed by atoms with E-state index in [4.69, 9.17) is 19.9 Å². The van der Waals surface area contributed by atoms with Crippen molar-refractivity contribution >= 4 is 22.9 Å². The number of fused-ring (bicyclic) bond motifs is 2. The van der Waals surface area contributed by atoms with Crippen LogP contribution in [0.1, 0.15) is 52.0 Å². The Morgan fingerprint density at radius 1 is 1.13 bits per heavy atom. The van der Waals surface area contributed by atoms with Crippen molar-refractivity contribution in [3.05, 3.63) is 48.0 Å². The number of nitrogens with one attached hydrogen (secondary N) is 1. The first-order valence-corrected chi connectivity index (χ1v) is 13.4. The van der Waals surface area contributed by atoms with Crippen molar-refractivity contribution in [2.75, 3.05) is 32.4 Å². The molecule has 0 spiro atoms. The first kappa shape index (κ1) is 27.4. The van der Waals surface area contributed by atoms with Gasteiger partial charge in [0.15, 0.2) is 23.5 Å². The van der Waals surface area contributed by atoms with Crippen molar-refractivity contribution in [3.63, 3.8) is 0 Å². The second-order valence-electron chi connectivity index (χ2n) is 11.9. The van der Waals surface area contributed by atoms with Gasteiger partial charge in [0.2, 0.25) is 5.91 Å². The fraction of sp³-hybridized carbons (Fsp3) is 0.571. The number of ether oxygens (including phenoxy) is 3. The highest BCUT2D eigenvalue weighted by molar-refractivity contribution is 5.81. The van der Waals surface area contributed by atoms with Gasteiger partial charge in [-0.2, -0.15) is 0 Å². The fourth-order valence-electron chi connectivity index (χ4n) is 5.24. The molecule has 39 heavy (non-hydrogen) atoms. The number of hydrogen-bond acceptors (Lipinski definition) is 9. The van der Waals surface area contributed by atoms with Crippen LogP contribution in [0.5, 0.6) is 0 Å². The van der Waals surface area contributed by atoms with E-state index in [1.165, 1.54) is 11.9 Å². The summed E-state index contributed by atoms with van der Waals surface area (Å²) in [5.41, 5.74) is 9.45. The van der Waals surface area contributed by atoms with Gasteiger partial charge < -0.3 is 30.2 Å². The number of likely N-dealkylation sites (N-methyl/N-ethyl adjacent to an activating group) is 1. The number of amides is 1. The molecular weight excluding hydrogens is 498 g/mol. The SMILES string of the molecule is CN(CCNC(=O)Cc1ccc(C(C)(C)C)cc1)C[C@H]1O[C@@H](n2cnc3c(N)ncnc32)[C@@H]2OC(C)(C)O[C@@H]21. The monoisotopic (exact) mass is 537 g/mol. The van der Waals surface area contributed by atoms with Crippen LogP contribution >= 0.6 is 0 Å². The lowest BCUT2D eigenvalue weighted by Gasteiger charge is -2.27. The Morgan fingerprint density at radius 2 is 1.85 bits per heavy atom. The molecule has 2 aliphatic rings. The quantitative estimate of drug-likeness (QED) is 0.445. The van der Waals surface area contributed by atoms with Crippen molar-refractivity contribution in [2.45, 2.75) is 76.8 Å². The molecule has 210 valence electrons. The predicted octanol–water partition coefficient (Wildman–Crippen LogP) is 2.41. The zero-order chi connectivity index (χ0) is 27.9. The van der Waals surface area contributed by atoms with E-state index >= 15 is 0 Å². The Balaban J connectivity index is 1.16. The molecule has 4 heterocycles. The summed E-state index contributed by atoms with van der Waals surface area (Å²) >= 11 is 0. The van der Waals surface area contributed by atoms with Crippen LogP contribution in [-0.4, -0.2) is 81.1 Å². The average molecular weight is 538 g/mol. The lowest BCUT2D eigenvalue weighted by molar-refractivity contribution is -0.197. The van der Waals surface area contributed by atoms with Gasteiger partial charge in [0, 0.05) is 19.6 Å². The summed E-state index contributed by atoms with van der Waals surface area (Å²) in [7, 11) is 2.00. The van der Waals surface area contributed by atoms with Gasteiger partial charge in [0.05, 0.1) is 12.7 Å². The van der Waals surface area contributed by atoms with Crippen molar-refractivity contribution in [3.8, 4) is 0 Å². The number of nitrogen functional groups attached to an aromatic ring is 1. The standard InChI is InChI=1S/C28H39N7O4/c1-27(2,3)18-9-7-17(8-10-18)13-20(36)30-11-12-34(6)14-19-22-23(39-28(4,5)38-22)26(37-19)35-16-33-21-24(29)31-15-32-25(21)35/h7-10,15-16,19,22-23,26H,11-14H2,1-6H3,(H,30,36)(H2,29,31,32)/t19-,22-,23-,26-/m1/s1. The second-order valence-corrected chi connectivity index (χ2v) is 11.9. The molecule has 2 aromatic heterocycles. The summed E-state index contributed by atoms with van der Waals surface area (Å²) in [4.78, 5) is 27.4. The van der Waals surface area contributed by atoms with Gasteiger partial charge in [-0.05, 0) is 37.4 Å². The smallest absolute Gasteiger partial charge is 0.224 e. The number of imidazole rings is 1. The average Bonchev–Trinajstić information content (AvgIpc) is 3.51. The highest BCUT2D eigenvalue weighted by Crippen LogP contribution is 2.44. The van der Waals surface area contributed by atoms with E-state index in [0.717, 1.165) is 5.56 Å². The number of nitrogens with zero attached hydrogens (tertiary/aromatic N) is 5. The molecule has 3 N–H and O–H groups in total. The number of carbonyl (C=O) groups excluding carboxylic acids is 1. The lowest BCUT2D eigenvalue weighted by Crippen LogP contribution is -2.41. The second kappa shape index (κ2) is 10.5. The van der Waals surface area contributed by atoms with E-state index in [1.807, 2.05) is 37.6 Å². The van der Waals surface area contributed by atoms with Gasteiger partial charge in [-0.25, -0.2) is 15.0 Å². The molecule has 1 aromatic carbocycles. The van der Waals surface area contributed by atoms with E-state index in [0.29, 0.717) is 43.0 Å². The molecule has 0 radical (unpaired) electrons. The fourth-order valence-corrected chi connectivity index (χ4v) is 5.24. The largest absolute Gasteiger partial charge is 0.382 e. The maximum Gasteiger partial charge on any atom is 0.224 e. The number of benzene rings is 1. The first-order chi connectivity index (χ1) is 18.4. The minimum Gasteiger partial charge on any atom is -0.382 e. The van der Waals surface area contributed by atoms with E-state index in [9.17, 15) is 4.79 Å². The molecule has 0 saturated carbocycles. The van der Waals surface area contributed by atoms with Crippen LogP contribution in [0.25, 0.3) is 11.2 Å². The third kappa shape index (κ3) is 5.91. The predicted molar refractivity (Wildman–Crippen MR) is 147 cm³/mol. The molecule has 0 bridgehead atoms. The third-order valence-corrected chi connectivity index (χ3v) is 7.28. The summed E-state index contributed by atoms with van der Waals surface area (Å²) in [5.74, 6) is -0.415. The molecule has 0 unspecified atom stereocenters. The van der Waals surface area contributed by atoms with Crippen LogP contribution in [0.2, 0.25) is 0 Å². The number of hydrogen-bond donors (Lipinski definition) is 2. The number of anilines is 1. The number of carbonyl (C=O) groups is 1. The zero-order valence-corrected chi connectivity index (χ0v) is 23.5. The maximum absolute atomic E-state index is 12.5. The minimum absolute atomic E-state index is 0.00618. The number of nitrogens with two attached hydrogens (primary N) is 1. The Labute approximate surface area is 229 Å². The molecule has 0 aliphatic carbocycles. The highest BCUT2D eigenvalue weighted by Gasteiger charge is 2.56. The third-order valence-electron chi connectivity index (χ3n) is 7.28. The van der Waals surface area contributed by atoms with Crippen LogP contribution in [0.4, 0.5) is 5.82 Å². The van der Waals surface area contributed by atoms with Gasteiger partial charge in [-0.3, -0.25) is 9.36 Å². The highest BCUT2D eigenvalue weighted by atomic mass is 16.8. The van der Waals surface area contributed by atoms with E-state index in [1.54, 1.807) is 6.33 Å². The topological polar surface area (TPSA) is 130 Å². The summed E-state index contributed by atoms with van der Waals surface area (Å²) in [6, 6.07) is 8.27. The molecule has 5 rings (SSSR count). The van der Waals surface area contributed by atoms with Gasteiger partial charge in [-0.1, -0.05) is 45.0 Å². The van der Waals surface area contributed by atoms with Crippen molar-refractivity contribution in [1.29, 1.82) is 0 Å². The summed E-state index contributed by atoms with van der Waals surface area (Å²) in [5, 5.41) is 3.03. The minimum atomic E-state index is -0.738. The van der Waals surface area contributed by atoms with Crippen molar-refractivity contribution < 1.29 is 19.0 Å². The van der Waals surface area contributed by atoms with Crippen LogP contribution in [0.3, 0.4) is 0 Å². The van der Waals surface area contributed by atoms with Crippen LogP contribution in [-0.2, 0) is 30.8 Å². The maximum atomic E-state index is 12.5. The van der Waals surface area contributed by atoms with Crippen LogP contribution < -0.4 is 11.1 Å². The Morgan fingerprint density at radius 3 is 2.56 bits per heavy atom. The number of aromatic nitrogens is 4. The lowest BCUT2D eigenvalue weighted by atomic mass is 9.86. The van der Waals surface area contributed by atoms with E-state index < -0.39 is 12.0 Å². The molecule has 11 heteroatoms. The van der Waals surface area contributed by atoms with Crippen molar-refractivity contribution in [2.24, 2.45) is 0 Å². The Bertz CT molecular complexity index is 1320. The van der Waals surface area contributed by atoms with E-state index in [-0.39, 0.29) is 29.6 Å². The summed E-state index contributed by atoms with van der Waals surface area (Å²) in [6.07, 6.45) is 2.10.